The number of halogens is 2. The third kappa shape index (κ3) is 6.04. The van der Waals surface area contributed by atoms with Crippen LogP contribution < -0.4 is 5.32 Å². The van der Waals surface area contributed by atoms with Crippen molar-refractivity contribution in [3.63, 3.8) is 0 Å². The zero-order valence-corrected chi connectivity index (χ0v) is 14.4. The molecule has 1 aromatic carbocycles. The van der Waals surface area contributed by atoms with Crippen LogP contribution in [-0.4, -0.2) is 43.2 Å². The first-order chi connectivity index (χ1) is 11.1. The number of rotatable bonds is 6. The third-order valence-corrected chi connectivity index (χ3v) is 4.38. The molecule has 1 aliphatic rings. The SMILES string of the molecule is C#CCCC(=O)NCC1CN(Cc2ccc(Cl)c(Cl)c2)CCO1. The van der Waals surface area contributed by atoms with E-state index in [1.807, 2.05) is 18.2 Å². The highest BCUT2D eigenvalue weighted by Gasteiger charge is 2.21. The lowest BCUT2D eigenvalue weighted by molar-refractivity contribution is -0.122. The van der Waals surface area contributed by atoms with Crippen molar-refractivity contribution in [3.05, 3.63) is 33.8 Å². The van der Waals surface area contributed by atoms with Crippen LogP contribution in [0.3, 0.4) is 0 Å². The van der Waals surface area contributed by atoms with Gasteiger partial charge in [-0.1, -0.05) is 29.3 Å². The second-order valence-corrected chi connectivity index (χ2v) is 6.30. The number of ether oxygens (including phenoxy) is 1. The maximum Gasteiger partial charge on any atom is 0.221 e. The van der Waals surface area contributed by atoms with E-state index in [-0.39, 0.29) is 12.0 Å². The molecule has 1 heterocycles. The van der Waals surface area contributed by atoms with Gasteiger partial charge in [-0.15, -0.1) is 12.3 Å². The Kier molecular flexibility index (Phi) is 7.19. The molecular weight excluding hydrogens is 335 g/mol. The predicted molar refractivity (Wildman–Crippen MR) is 92.6 cm³/mol. The molecule has 1 amide bonds. The molecular formula is C17H20Cl2N2O2. The van der Waals surface area contributed by atoms with Gasteiger partial charge in [-0.2, -0.15) is 0 Å². The number of hydrogen-bond acceptors (Lipinski definition) is 3. The van der Waals surface area contributed by atoms with Gasteiger partial charge in [0.05, 0.1) is 22.8 Å². The van der Waals surface area contributed by atoms with Crippen molar-refractivity contribution in [2.24, 2.45) is 0 Å². The van der Waals surface area contributed by atoms with Gasteiger partial charge in [0.1, 0.15) is 0 Å². The topological polar surface area (TPSA) is 41.6 Å². The summed E-state index contributed by atoms with van der Waals surface area (Å²) in [4.78, 5) is 13.9. The van der Waals surface area contributed by atoms with Crippen LogP contribution in [0.4, 0.5) is 0 Å². The summed E-state index contributed by atoms with van der Waals surface area (Å²) < 4.78 is 5.70. The van der Waals surface area contributed by atoms with Gasteiger partial charge in [0.15, 0.2) is 0 Å². The minimum absolute atomic E-state index is 0.0127. The van der Waals surface area contributed by atoms with E-state index in [4.69, 9.17) is 34.4 Å². The summed E-state index contributed by atoms with van der Waals surface area (Å²) in [5, 5.41) is 3.99. The Balaban J connectivity index is 1.80. The Morgan fingerprint density at radius 1 is 1.43 bits per heavy atom. The van der Waals surface area contributed by atoms with Crippen LogP contribution in [0.1, 0.15) is 18.4 Å². The number of hydrogen-bond donors (Lipinski definition) is 1. The summed E-state index contributed by atoms with van der Waals surface area (Å²) in [6, 6.07) is 5.67. The summed E-state index contributed by atoms with van der Waals surface area (Å²) in [7, 11) is 0. The van der Waals surface area contributed by atoms with Crippen molar-refractivity contribution >= 4 is 29.1 Å². The summed E-state index contributed by atoms with van der Waals surface area (Å²) in [6.45, 7) is 3.53. The molecule has 0 aromatic heterocycles. The lowest BCUT2D eigenvalue weighted by atomic mass is 10.2. The van der Waals surface area contributed by atoms with Crippen molar-refractivity contribution in [2.75, 3.05) is 26.2 Å². The summed E-state index contributed by atoms with van der Waals surface area (Å²) >= 11 is 12.0. The molecule has 0 spiro atoms. The maximum atomic E-state index is 11.6. The zero-order chi connectivity index (χ0) is 16.7. The predicted octanol–water partition coefficient (Wildman–Crippen LogP) is 2.72. The van der Waals surface area contributed by atoms with Crippen LogP contribution in [0, 0.1) is 12.3 Å². The molecule has 2 rings (SSSR count). The second-order valence-electron chi connectivity index (χ2n) is 5.48. The van der Waals surface area contributed by atoms with Crippen molar-refractivity contribution in [2.45, 2.75) is 25.5 Å². The molecule has 0 saturated carbocycles. The van der Waals surface area contributed by atoms with E-state index in [0.717, 1.165) is 25.2 Å². The molecule has 0 radical (unpaired) electrons. The number of nitrogens with one attached hydrogen (secondary N) is 1. The first kappa shape index (κ1) is 18.1. The molecule has 1 atom stereocenters. The van der Waals surface area contributed by atoms with Crippen molar-refractivity contribution in [1.82, 2.24) is 10.2 Å². The minimum Gasteiger partial charge on any atom is -0.374 e. The average Bonchev–Trinajstić information content (AvgIpc) is 2.55. The van der Waals surface area contributed by atoms with Crippen LogP contribution in [0.5, 0.6) is 0 Å². The second kappa shape index (κ2) is 9.14. The van der Waals surface area contributed by atoms with Crippen molar-refractivity contribution in [3.8, 4) is 12.3 Å². The Morgan fingerprint density at radius 3 is 3.00 bits per heavy atom. The Labute approximate surface area is 147 Å². The van der Waals surface area contributed by atoms with E-state index < -0.39 is 0 Å². The lowest BCUT2D eigenvalue weighted by Gasteiger charge is -2.33. The van der Waals surface area contributed by atoms with E-state index in [9.17, 15) is 4.79 Å². The van der Waals surface area contributed by atoms with E-state index >= 15 is 0 Å². The number of terminal acetylenes is 1. The van der Waals surface area contributed by atoms with Crippen LogP contribution >= 0.6 is 23.2 Å². The highest BCUT2D eigenvalue weighted by molar-refractivity contribution is 6.42. The fraction of sp³-hybridized carbons (Fsp3) is 0.471. The van der Waals surface area contributed by atoms with Gasteiger partial charge in [0, 0.05) is 39.0 Å². The molecule has 1 aliphatic heterocycles. The molecule has 1 unspecified atom stereocenters. The minimum atomic E-state index is -0.0341. The van der Waals surface area contributed by atoms with Crippen LogP contribution in [0.15, 0.2) is 18.2 Å². The molecule has 1 saturated heterocycles. The van der Waals surface area contributed by atoms with Gasteiger partial charge in [0.2, 0.25) is 5.91 Å². The molecule has 124 valence electrons. The van der Waals surface area contributed by atoms with E-state index in [1.165, 1.54) is 0 Å². The normalized spacial score (nSPS) is 18.4. The largest absolute Gasteiger partial charge is 0.374 e. The van der Waals surface area contributed by atoms with Gasteiger partial charge < -0.3 is 10.1 Å². The van der Waals surface area contributed by atoms with Crippen molar-refractivity contribution < 1.29 is 9.53 Å². The fourth-order valence-corrected chi connectivity index (χ4v) is 2.77. The number of amides is 1. The highest BCUT2D eigenvalue weighted by Crippen LogP contribution is 2.23. The molecule has 6 heteroatoms. The number of morpholine rings is 1. The molecule has 1 fully saturated rings. The number of benzene rings is 1. The molecule has 0 aliphatic carbocycles. The van der Waals surface area contributed by atoms with E-state index in [0.29, 0.717) is 36.0 Å². The molecule has 23 heavy (non-hydrogen) atoms. The Hall–Kier alpha value is -1.25. The van der Waals surface area contributed by atoms with Crippen LogP contribution in [0.25, 0.3) is 0 Å². The number of nitrogens with zero attached hydrogens (tertiary/aromatic N) is 1. The number of carbonyl (C=O) groups is 1. The molecule has 4 nitrogen and oxygen atoms in total. The van der Waals surface area contributed by atoms with Crippen molar-refractivity contribution in [1.29, 1.82) is 0 Å². The number of carbonyl (C=O) groups excluding carboxylic acids is 1. The summed E-state index contributed by atoms with van der Waals surface area (Å²) in [5.41, 5.74) is 1.11. The summed E-state index contributed by atoms with van der Waals surface area (Å²) in [5.74, 6) is 2.42. The van der Waals surface area contributed by atoms with Gasteiger partial charge >= 0.3 is 0 Å². The lowest BCUT2D eigenvalue weighted by Crippen LogP contribution is -2.47. The van der Waals surface area contributed by atoms with E-state index in [1.54, 1.807) is 0 Å². The third-order valence-electron chi connectivity index (χ3n) is 3.64. The molecule has 0 bridgehead atoms. The Morgan fingerprint density at radius 2 is 2.26 bits per heavy atom. The monoisotopic (exact) mass is 354 g/mol. The zero-order valence-electron chi connectivity index (χ0n) is 12.9. The maximum absolute atomic E-state index is 11.6. The molecule has 1 aromatic rings. The average molecular weight is 355 g/mol. The van der Waals surface area contributed by atoms with Crippen LogP contribution in [0.2, 0.25) is 10.0 Å². The standard InChI is InChI=1S/C17H20Cl2N2O2/c1-2-3-4-17(22)20-10-14-12-21(7-8-23-14)11-13-5-6-15(18)16(19)9-13/h1,5-6,9,14H,3-4,7-8,10-12H2,(H,20,22). The van der Waals surface area contributed by atoms with Gasteiger partial charge in [-0.3, -0.25) is 9.69 Å². The van der Waals surface area contributed by atoms with Crippen LogP contribution in [-0.2, 0) is 16.1 Å². The first-order valence-corrected chi connectivity index (χ1v) is 8.32. The Bertz CT molecular complexity index is 586. The molecule has 1 N–H and O–H groups in total. The summed E-state index contributed by atoms with van der Waals surface area (Å²) in [6.07, 6.45) is 5.95. The van der Waals surface area contributed by atoms with Gasteiger partial charge in [-0.25, -0.2) is 0 Å². The van der Waals surface area contributed by atoms with Gasteiger partial charge in [0.25, 0.3) is 0 Å². The fourth-order valence-electron chi connectivity index (χ4n) is 2.45. The smallest absolute Gasteiger partial charge is 0.221 e. The van der Waals surface area contributed by atoms with Gasteiger partial charge in [-0.05, 0) is 17.7 Å². The first-order valence-electron chi connectivity index (χ1n) is 7.56. The van der Waals surface area contributed by atoms with E-state index in [2.05, 4.69) is 16.1 Å². The highest BCUT2D eigenvalue weighted by atomic mass is 35.5. The quantitative estimate of drug-likeness (QED) is 0.798.